The smallest absolute Gasteiger partial charge is 0.254 e. The molecular formula is C16H25N3O2. The van der Waals surface area contributed by atoms with E-state index in [1.54, 1.807) is 24.9 Å². The Balaban J connectivity index is 2.82. The number of carbonyl (C=O) groups is 2. The minimum absolute atomic E-state index is 0.0971. The molecule has 1 aromatic carbocycles. The molecule has 5 nitrogen and oxygen atoms in total. The second-order valence-electron chi connectivity index (χ2n) is 5.39. The van der Waals surface area contributed by atoms with Gasteiger partial charge in [0.1, 0.15) is 6.04 Å². The maximum absolute atomic E-state index is 12.4. The van der Waals surface area contributed by atoms with Gasteiger partial charge in [0.2, 0.25) is 5.91 Å². The summed E-state index contributed by atoms with van der Waals surface area (Å²) in [5, 5.41) is 5.99. The van der Waals surface area contributed by atoms with Crippen LogP contribution >= 0.6 is 0 Å². The average molecular weight is 291 g/mol. The van der Waals surface area contributed by atoms with Crippen LogP contribution < -0.4 is 10.6 Å². The van der Waals surface area contributed by atoms with Crippen molar-refractivity contribution >= 4 is 17.5 Å². The van der Waals surface area contributed by atoms with E-state index in [0.29, 0.717) is 12.1 Å². The third-order valence-electron chi connectivity index (χ3n) is 3.18. The first-order chi connectivity index (χ1) is 9.86. The van der Waals surface area contributed by atoms with Crippen LogP contribution in [-0.4, -0.2) is 42.4 Å². The highest BCUT2D eigenvalue weighted by atomic mass is 16.2. The van der Waals surface area contributed by atoms with Crippen molar-refractivity contribution in [1.82, 2.24) is 10.2 Å². The summed E-state index contributed by atoms with van der Waals surface area (Å²) in [5.74, 6) is -0.343. The molecule has 0 saturated carbocycles. The van der Waals surface area contributed by atoms with Gasteiger partial charge in [0.25, 0.3) is 5.91 Å². The number of likely N-dealkylation sites (N-methyl/N-ethyl adjacent to an activating group) is 1. The van der Waals surface area contributed by atoms with Crippen LogP contribution in [0.3, 0.4) is 0 Å². The van der Waals surface area contributed by atoms with Gasteiger partial charge >= 0.3 is 0 Å². The topological polar surface area (TPSA) is 61.4 Å². The van der Waals surface area contributed by atoms with Gasteiger partial charge in [-0.05, 0) is 39.8 Å². The largest absolute Gasteiger partial charge is 0.382 e. The molecule has 1 unspecified atom stereocenters. The van der Waals surface area contributed by atoms with Gasteiger partial charge in [0.15, 0.2) is 0 Å². The molecule has 2 N–H and O–H groups in total. The van der Waals surface area contributed by atoms with Gasteiger partial charge in [-0.2, -0.15) is 0 Å². The summed E-state index contributed by atoms with van der Waals surface area (Å²) >= 11 is 0. The van der Waals surface area contributed by atoms with Gasteiger partial charge in [-0.1, -0.05) is 12.1 Å². The summed E-state index contributed by atoms with van der Waals surface area (Å²) in [6.45, 7) is 8.23. The van der Waals surface area contributed by atoms with E-state index in [1.165, 1.54) is 0 Å². The fourth-order valence-corrected chi connectivity index (χ4v) is 1.94. The van der Waals surface area contributed by atoms with E-state index in [0.717, 1.165) is 5.69 Å². The second kappa shape index (κ2) is 7.67. The number of carbonyl (C=O) groups excluding carboxylic acids is 2. The molecule has 0 aliphatic carbocycles. The van der Waals surface area contributed by atoms with Crippen LogP contribution in [-0.2, 0) is 4.79 Å². The van der Waals surface area contributed by atoms with Crippen molar-refractivity contribution in [2.24, 2.45) is 0 Å². The predicted octanol–water partition coefficient (Wildman–Crippen LogP) is 2.10. The lowest BCUT2D eigenvalue weighted by atomic mass is 10.1. The van der Waals surface area contributed by atoms with Crippen LogP contribution in [0, 0.1) is 0 Å². The maximum atomic E-state index is 12.4. The molecule has 0 spiro atoms. The molecule has 0 aliphatic rings. The monoisotopic (exact) mass is 291 g/mol. The number of benzene rings is 1. The third-order valence-corrected chi connectivity index (χ3v) is 3.18. The van der Waals surface area contributed by atoms with Gasteiger partial charge in [0.05, 0.1) is 5.56 Å². The van der Waals surface area contributed by atoms with Gasteiger partial charge < -0.3 is 15.5 Å². The van der Waals surface area contributed by atoms with Crippen LogP contribution in [0.2, 0.25) is 0 Å². The molecular weight excluding hydrogens is 266 g/mol. The lowest BCUT2D eigenvalue weighted by Gasteiger charge is -2.21. The normalized spacial score (nSPS) is 11.9. The lowest BCUT2D eigenvalue weighted by molar-refractivity contribution is -0.131. The number of para-hydroxylation sites is 1. The molecule has 0 fully saturated rings. The number of nitrogens with zero attached hydrogens (tertiary/aromatic N) is 1. The van der Waals surface area contributed by atoms with Gasteiger partial charge in [-0.15, -0.1) is 0 Å². The van der Waals surface area contributed by atoms with E-state index in [9.17, 15) is 9.59 Å². The second-order valence-corrected chi connectivity index (χ2v) is 5.39. The molecule has 0 aliphatic heterocycles. The number of nitrogens with one attached hydrogen (secondary N) is 2. The Kier molecular flexibility index (Phi) is 6.21. The Hall–Kier alpha value is -2.04. The number of amides is 2. The zero-order valence-electron chi connectivity index (χ0n) is 13.4. The van der Waals surface area contributed by atoms with Crippen molar-refractivity contribution in [2.75, 3.05) is 18.9 Å². The van der Waals surface area contributed by atoms with Gasteiger partial charge in [-0.3, -0.25) is 9.59 Å². The molecule has 1 atom stereocenters. The fraction of sp³-hybridized carbons (Fsp3) is 0.500. The molecule has 116 valence electrons. The van der Waals surface area contributed by atoms with Crippen LogP contribution in [0.1, 0.15) is 38.1 Å². The molecule has 21 heavy (non-hydrogen) atoms. The molecule has 5 heteroatoms. The fourth-order valence-electron chi connectivity index (χ4n) is 1.94. The van der Waals surface area contributed by atoms with E-state index in [-0.39, 0.29) is 17.9 Å². The van der Waals surface area contributed by atoms with E-state index >= 15 is 0 Å². The summed E-state index contributed by atoms with van der Waals surface area (Å²) in [6.07, 6.45) is 0. The average Bonchev–Trinajstić information content (AvgIpc) is 2.45. The molecule has 0 bridgehead atoms. The highest BCUT2D eigenvalue weighted by molar-refractivity contribution is 6.01. The number of anilines is 1. The van der Waals surface area contributed by atoms with Crippen LogP contribution in [0.25, 0.3) is 0 Å². The molecule has 1 rings (SSSR count). The first kappa shape index (κ1) is 17.0. The first-order valence-electron chi connectivity index (χ1n) is 7.28. The molecule has 0 aromatic heterocycles. The van der Waals surface area contributed by atoms with Crippen LogP contribution in [0.5, 0.6) is 0 Å². The summed E-state index contributed by atoms with van der Waals surface area (Å²) < 4.78 is 0. The van der Waals surface area contributed by atoms with Crippen molar-refractivity contribution in [3.8, 4) is 0 Å². The van der Waals surface area contributed by atoms with E-state index in [1.807, 2.05) is 39.0 Å². The van der Waals surface area contributed by atoms with Gasteiger partial charge in [0, 0.05) is 25.3 Å². The van der Waals surface area contributed by atoms with Crippen molar-refractivity contribution in [3.63, 3.8) is 0 Å². The molecule has 0 radical (unpaired) electrons. The number of rotatable bonds is 6. The Morgan fingerprint density at radius 1 is 1.19 bits per heavy atom. The minimum Gasteiger partial charge on any atom is -0.382 e. The minimum atomic E-state index is -0.547. The Bertz CT molecular complexity index is 500. The molecule has 1 aromatic rings. The summed E-state index contributed by atoms with van der Waals surface area (Å²) in [7, 11) is 1.72. The number of hydrogen-bond acceptors (Lipinski definition) is 3. The highest BCUT2D eigenvalue weighted by Crippen LogP contribution is 2.16. The standard InChI is InChI=1S/C16H25N3O2/c1-6-19(5)16(21)12(4)18-15(20)13-9-7-8-10-14(13)17-11(2)3/h7-12,17H,6H2,1-5H3,(H,18,20). The predicted molar refractivity (Wildman–Crippen MR) is 85.4 cm³/mol. The quantitative estimate of drug-likeness (QED) is 0.844. The zero-order chi connectivity index (χ0) is 16.0. The summed E-state index contributed by atoms with van der Waals surface area (Å²) in [5.41, 5.74) is 1.32. The lowest BCUT2D eigenvalue weighted by Crippen LogP contribution is -2.45. The Morgan fingerprint density at radius 3 is 2.38 bits per heavy atom. The summed E-state index contributed by atoms with van der Waals surface area (Å²) in [4.78, 5) is 25.9. The zero-order valence-corrected chi connectivity index (χ0v) is 13.4. The molecule has 2 amide bonds. The molecule has 0 saturated heterocycles. The van der Waals surface area contributed by atoms with Crippen molar-refractivity contribution in [1.29, 1.82) is 0 Å². The van der Waals surface area contributed by atoms with Crippen LogP contribution in [0.4, 0.5) is 5.69 Å². The van der Waals surface area contributed by atoms with Gasteiger partial charge in [-0.25, -0.2) is 0 Å². The third kappa shape index (κ3) is 4.77. The highest BCUT2D eigenvalue weighted by Gasteiger charge is 2.20. The first-order valence-corrected chi connectivity index (χ1v) is 7.28. The molecule has 0 heterocycles. The maximum Gasteiger partial charge on any atom is 0.254 e. The van der Waals surface area contributed by atoms with E-state index in [2.05, 4.69) is 10.6 Å². The Morgan fingerprint density at radius 2 is 1.81 bits per heavy atom. The van der Waals surface area contributed by atoms with Crippen molar-refractivity contribution in [2.45, 2.75) is 39.8 Å². The van der Waals surface area contributed by atoms with E-state index < -0.39 is 6.04 Å². The number of hydrogen-bond donors (Lipinski definition) is 2. The SMILES string of the molecule is CCN(C)C(=O)C(C)NC(=O)c1ccccc1NC(C)C. The van der Waals surface area contributed by atoms with Crippen LogP contribution in [0.15, 0.2) is 24.3 Å². The van der Waals surface area contributed by atoms with Crippen molar-refractivity contribution in [3.05, 3.63) is 29.8 Å². The summed E-state index contributed by atoms with van der Waals surface area (Å²) in [6, 6.07) is 6.98. The Labute approximate surface area is 126 Å². The van der Waals surface area contributed by atoms with Crippen molar-refractivity contribution < 1.29 is 9.59 Å². The van der Waals surface area contributed by atoms with E-state index in [4.69, 9.17) is 0 Å².